The molecule has 4 N–H and O–H groups in total. The predicted octanol–water partition coefficient (Wildman–Crippen LogP) is 5.00. The molecule has 0 spiro atoms. The van der Waals surface area contributed by atoms with Crippen molar-refractivity contribution in [3.05, 3.63) is 23.3 Å². The highest BCUT2D eigenvalue weighted by atomic mass is 16.4. The predicted molar refractivity (Wildman–Crippen MR) is 132 cm³/mol. The van der Waals surface area contributed by atoms with Crippen molar-refractivity contribution >= 4 is 0 Å². The molecule has 0 saturated heterocycles. The minimum absolute atomic E-state index is 0.0784. The van der Waals surface area contributed by atoms with E-state index in [9.17, 15) is 20.4 Å². The largest absolute Gasteiger partial charge is 0.393 e. The Bertz CT molecular complexity index is 831. The van der Waals surface area contributed by atoms with Crippen LogP contribution in [0.3, 0.4) is 0 Å². The third-order valence-corrected chi connectivity index (χ3v) is 11.4. The lowest BCUT2D eigenvalue weighted by Crippen LogP contribution is -2.72. The summed E-state index contributed by atoms with van der Waals surface area (Å²) in [4.78, 5) is 0. The van der Waals surface area contributed by atoms with Gasteiger partial charge in [-0.2, -0.15) is 0 Å². The zero-order valence-corrected chi connectivity index (χ0v) is 21.9. The van der Waals surface area contributed by atoms with Crippen LogP contribution in [-0.2, 0) is 0 Å². The van der Waals surface area contributed by atoms with Gasteiger partial charge in [-0.05, 0) is 86.0 Å². The lowest BCUT2D eigenvalue weighted by atomic mass is 9.43. The van der Waals surface area contributed by atoms with Gasteiger partial charge in [-0.25, -0.2) is 0 Å². The number of aliphatic hydroxyl groups is 4. The van der Waals surface area contributed by atoms with E-state index >= 15 is 0 Å². The summed E-state index contributed by atoms with van der Waals surface area (Å²) in [5.74, 6) is 2.44. The smallest absolute Gasteiger partial charge is 0.105 e. The topological polar surface area (TPSA) is 80.9 Å². The Labute approximate surface area is 201 Å². The van der Waals surface area contributed by atoms with Crippen LogP contribution in [0.2, 0.25) is 0 Å². The highest BCUT2D eigenvalue weighted by Crippen LogP contribution is 2.69. The maximum Gasteiger partial charge on any atom is 0.105 e. The molecule has 0 bridgehead atoms. The van der Waals surface area contributed by atoms with Gasteiger partial charge >= 0.3 is 0 Å². The van der Waals surface area contributed by atoms with Crippen molar-refractivity contribution in [2.45, 2.75) is 117 Å². The van der Waals surface area contributed by atoms with E-state index in [-0.39, 0.29) is 17.8 Å². The first kappa shape index (κ1) is 25.4. The number of allylic oxidation sites excluding steroid dienone is 2. The van der Waals surface area contributed by atoms with Gasteiger partial charge in [-0.1, -0.05) is 59.3 Å². The standard InChI is InChI=1S/C29H48O4/c1-17(2)20(5)18(3)14-19(4)22-8-9-23-24-15-25(31)29(33)16-21(30)10-11-27(29,7)28(24,32)13-12-26(22,23)6/h14-15,17,19-23,25,30-33H,8-13,16H2,1-7H3. The third-order valence-electron chi connectivity index (χ3n) is 11.4. The molecule has 188 valence electrons. The van der Waals surface area contributed by atoms with Crippen LogP contribution in [0.25, 0.3) is 0 Å². The molecule has 3 saturated carbocycles. The average Bonchev–Trinajstić information content (AvgIpc) is 3.09. The second kappa shape index (κ2) is 8.18. The van der Waals surface area contributed by atoms with E-state index in [0.717, 1.165) is 24.8 Å². The van der Waals surface area contributed by atoms with Crippen molar-refractivity contribution in [1.82, 2.24) is 0 Å². The molecular weight excluding hydrogens is 412 g/mol. The van der Waals surface area contributed by atoms with Gasteiger partial charge in [0, 0.05) is 11.8 Å². The Morgan fingerprint density at radius 2 is 1.67 bits per heavy atom. The first-order chi connectivity index (χ1) is 15.2. The molecule has 4 heteroatoms. The molecular formula is C29H48O4. The molecule has 0 radical (unpaired) electrons. The van der Waals surface area contributed by atoms with Crippen LogP contribution in [0, 0.1) is 40.4 Å². The molecule has 4 aliphatic carbocycles. The number of hydrogen-bond acceptors (Lipinski definition) is 4. The van der Waals surface area contributed by atoms with Gasteiger partial charge in [0.05, 0.1) is 11.7 Å². The van der Waals surface area contributed by atoms with Gasteiger partial charge < -0.3 is 20.4 Å². The van der Waals surface area contributed by atoms with Crippen LogP contribution in [0.1, 0.15) is 93.4 Å². The molecule has 4 rings (SSSR count). The van der Waals surface area contributed by atoms with Gasteiger partial charge in [-0.15, -0.1) is 0 Å². The molecule has 0 aromatic heterocycles. The number of rotatable bonds is 4. The molecule has 0 aliphatic heterocycles. The lowest BCUT2D eigenvalue weighted by molar-refractivity contribution is -0.258. The molecule has 33 heavy (non-hydrogen) atoms. The fourth-order valence-corrected chi connectivity index (χ4v) is 8.62. The summed E-state index contributed by atoms with van der Waals surface area (Å²) in [5.41, 5.74) is -0.942. The fraction of sp³-hybridized carbons (Fsp3) is 0.862. The average molecular weight is 461 g/mol. The third kappa shape index (κ3) is 3.45. The van der Waals surface area contributed by atoms with Crippen LogP contribution in [0.15, 0.2) is 23.3 Å². The van der Waals surface area contributed by atoms with E-state index in [1.807, 2.05) is 6.92 Å². The molecule has 3 fully saturated rings. The van der Waals surface area contributed by atoms with Gasteiger partial charge in [-0.3, -0.25) is 0 Å². The summed E-state index contributed by atoms with van der Waals surface area (Å²) >= 11 is 0. The van der Waals surface area contributed by atoms with Crippen LogP contribution >= 0.6 is 0 Å². The minimum Gasteiger partial charge on any atom is -0.393 e. The summed E-state index contributed by atoms with van der Waals surface area (Å²) in [6, 6.07) is 0. The zero-order chi connectivity index (χ0) is 24.6. The summed E-state index contributed by atoms with van der Waals surface area (Å²) in [7, 11) is 0. The van der Waals surface area contributed by atoms with Crippen LogP contribution < -0.4 is 0 Å². The monoisotopic (exact) mass is 460 g/mol. The molecule has 0 heterocycles. The summed E-state index contributed by atoms with van der Waals surface area (Å²) in [5, 5.41) is 45.3. The molecule has 4 aliphatic rings. The Morgan fingerprint density at radius 1 is 1.00 bits per heavy atom. The van der Waals surface area contributed by atoms with E-state index in [1.54, 1.807) is 6.08 Å². The lowest BCUT2D eigenvalue weighted by Gasteiger charge is -2.65. The summed E-state index contributed by atoms with van der Waals surface area (Å²) < 4.78 is 0. The normalized spacial score (nSPS) is 49.7. The first-order valence-electron chi connectivity index (χ1n) is 13.4. The van der Waals surface area contributed by atoms with Gasteiger partial charge in [0.25, 0.3) is 0 Å². The van der Waals surface area contributed by atoms with Crippen molar-refractivity contribution < 1.29 is 20.4 Å². The maximum absolute atomic E-state index is 12.2. The van der Waals surface area contributed by atoms with E-state index in [1.165, 1.54) is 5.57 Å². The molecule has 0 aromatic carbocycles. The molecule has 0 aromatic rings. The number of aliphatic hydroxyl groups excluding tert-OH is 2. The van der Waals surface area contributed by atoms with E-state index in [4.69, 9.17) is 0 Å². The van der Waals surface area contributed by atoms with Crippen molar-refractivity contribution in [1.29, 1.82) is 0 Å². The van der Waals surface area contributed by atoms with Gasteiger partial charge in [0.15, 0.2) is 0 Å². The second-order valence-electron chi connectivity index (χ2n) is 13.1. The maximum atomic E-state index is 12.2. The van der Waals surface area contributed by atoms with Crippen LogP contribution in [0.4, 0.5) is 0 Å². The molecule has 0 amide bonds. The Morgan fingerprint density at radius 3 is 2.30 bits per heavy atom. The Kier molecular flexibility index (Phi) is 6.30. The zero-order valence-electron chi connectivity index (χ0n) is 21.9. The van der Waals surface area contributed by atoms with Crippen LogP contribution in [-0.4, -0.2) is 43.8 Å². The fourth-order valence-electron chi connectivity index (χ4n) is 8.62. The van der Waals surface area contributed by atoms with E-state index in [0.29, 0.717) is 42.9 Å². The van der Waals surface area contributed by atoms with E-state index in [2.05, 4.69) is 47.6 Å². The van der Waals surface area contributed by atoms with Crippen molar-refractivity contribution in [3.63, 3.8) is 0 Å². The summed E-state index contributed by atoms with van der Waals surface area (Å²) in [6.07, 6.45) is 7.49. The van der Waals surface area contributed by atoms with Crippen molar-refractivity contribution in [2.24, 2.45) is 40.4 Å². The highest BCUT2D eigenvalue weighted by molar-refractivity contribution is 5.40. The quantitative estimate of drug-likeness (QED) is 0.445. The Balaban J connectivity index is 1.68. The van der Waals surface area contributed by atoms with E-state index < -0.39 is 28.8 Å². The van der Waals surface area contributed by atoms with Gasteiger partial charge in [0.1, 0.15) is 11.7 Å². The number of hydrogen-bond donors (Lipinski definition) is 4. The summed E-state index contributed by atoms with van der Waals surface area (Å²) in [6.45, 7) is 15.9. The first-order valence-corrected chi connectivity index (χ1v) is 13.4. The molecule has 4 nitrogen and oxygen atoms in total. The Hall–Kier alpha value is -0.680. The highest BCUT2D eigenvalue weighted by Gasteiger charge is 2.71. The van der Waals surface area contributed by atoms with Crippen LogP contribution in [0.5, 0.6) is 0 Å². The second-order valence-corrected chi connectivity index (χ2v) is 13.1. The number of fused-ring (bicyclic) bond motifs is 5. The minimum atomic E-state index is -1.49. The molecule has 10 atom stereocenters. The van der Waals surface area contributed by atoms with Gasteiger partial charge in [0.2, 0.25) is 0 Å². The SMILES string of the molecule is CC(=CC(C)C1CCC2C3=CC(O)C4(O)CC(O)CCC4(C)C3(O)CCC21C)C(C)C(C)C. The van der Waals surface area contributed by atoms with Crippen molar-refractivity contribution in [3.8, 4) is 0 Å². The van der Waals surface area contributed by atoms with Crippen molar-refractivity contribution in [2.75, 3.05) is 0 Å². The molecule has 10 unspecified atom stereocenters.